The molecule has 0 bridgehead atoms. The van der Waals surface area contributed by atoms with E-state index in [-0.39, 0.29) is 0 Å². The van der Waals surface area contributed by atoms with Crippen LogP contribution in [0.1, 0.15) is 15.9 Å². The summed E-state index contributed by atoms with van der Waals surface area (Å²) in [6.45, 7) is 0.589. The molecule has 0 fully saturated rings. The van der Waals surface area contributed by atoms with Crippen LogP contribution in [0.4, 0.5) is 5.69 Å². The maximum absolute atomic E-state index is 10.9. The Morgan fingerprint density at radius 1 is 1.25 bits per heavy atom. The molecule has 0 aliphatic carbocycles. The van der Waals surface area contributed by atoms with Gasteiger partial charge < -0.3 is 10.4 Å². The summed E-state index contributed by atoms with van der Waals surface area (Å²) in [6, 6.07) is 12.9. The highest BCUT2D eigenvalue weighted by atomic mass is 32.1. The molecule has 5 heteroatoms. The van der Waals surface area contributed by atoms with Crippen LogP contribution in [0.2, 0.25) is 0 Å². The summed E-state index contributed by atoms with van der Waals surface area (Å²) in [7, 11) is 0. The van der Waals surface area contributed by atoms with Crippen LogP contribution < -0.4 is 5.32 Å². The fourth-order valence-electron chi connectivity index (χ4n) is 1.98. The molecule has 0 atom stereocenters. The van der Waals surface area contributed by atoms with Crippen LogP contribution in [0.15, 0.2) is 48.0 Å². The van der Waals surface area contributed by atoms with Crippen LogP contribution in [-0.4, -0.2) is 16.1 Å². The van der Waals surface area contributed by atoms with Crippen molar-refractivity contribution in [2.45, 2.75) is 6.54 Å². The standard InChI is InChI=1S/C15H12N2O2S/c18-15(19)11-3-1-2-10(6-11)8-16-12-4-5-13-14(7-12)20-9-17-13/h1-7,9,16H,8H2,(H,18,19). The Morgan fingerprint density at radius 3 is 3.00 bits per heavy atom. The van der Waals surface area contributed by atoms with Crippen LogP contribution in [0, 0.1) is 0 Å². The lowest BCUT2D eigenvalue weighted by molar-refractivity contribution is 0.0697. The van der Waals surface area contributed by atoms with Crippen molar-refractivity contribution < 1.29 is 9.90 Å². The second kappa shape index (κ2) is 5.30. The summed E-state index contributed by atoms with van der Waals surface area (Å²) < 4.78 is 1.13. The molecule has 2 aromatic carbocycles. The molecule has 100 valence electrons. The largest absolute Gasteiger partial charge is 0.478 e. The van der Waals surface area contributed by atoms with Crippen molar-refractivity contribution in [2.24, 2.45) is 0 Å². The van der Waals surface area contributed by atoms with Crippen LogP contribution in [-0.2, 0) is 6.54 Å². The highest BCUT2D eigenvalue weighted by Gasteiger charge is 2.03. The fraction of sp³-hybridized carbons (Fsp3) is 0.0667. The van der Waals surface area contributed by atoms with Crippen molar-refractivity contribution in [3.8, 4) is 0 Å². The molecule has 1 aromatic heterocycles. The number of aromatic carboxylic acids is 1. The lowest BCUT2D eigenvalue weighted by atomic mass is 10.1. The van der Waals surface area contributed by atoms with Gasteiger partial charge in [0.2, 0.25) is 0 Å². The summed E-state index contributed by atoms with van der Waals surface area (Å²) in [5, 5.41) is 12.3. The fourth-order valence-corrected chi connectivity index (χ4v) is 2.70. The third kappa shape index (κ3) is 2.62. The zero-order valence-electron chi connectivity index (χ0n) is 10.5. The lowest BCUT2D eigenvalue weighted by Gasteiger charge is -2.07. The Morgan fingerprint density at radius 2 is 2.15 bits per heavy atom. The van der Waals surface area contributed by atoms with E-state index >= 15 is 0 Å². The monoisotopic (exact) mass is 284 g/mol. The number of carbonyl (C=O) groups is 1. The Labute approximate surface area is 119 Å². The van der Waals surface area contributed by atoms with Gasteiger partial charge >= 0.3 is 5.97 Å². The number of fused-ring (bicyclic) bond motifs is 1. The number of aromatic nitrogens is 1. The SMILES string of the molecule is O=C(O)c1cccc(CNc2ccc3ncsc3c2)c1. The topological polar surface area (TPSA) is 62.2 Å². The van der Waals surface area contributed by atoms with Gasteiger partial charge in [0, 0.05) is 12.2 Å². The molecule has 0 spiro atoms. The first-order chi connectivity index (χ1) is 9.72. The van der Waals surface area contributed by atoms with Gasteiger partial charge in [0.25, 0.3) is 0 Å². The summed E-state index contributed by atoms with van der Waals surface area (Å²) in [4.78, 5) is 15.2. The minimum absolute atomic E-state index is 0.308. The van der Waals surface area contributed by atoms with Crippen molar-refractivity contribution in [1.29, 1.82) is 0 Å². The van der Waals surface area contributed by atoms with E-state index in [1.54, 1.807) is 29.5 Å². The average molecular weight is 284 g/mol. The van der Waals surface area contributed by atoms with Gasteiger partial charge in [-0.3, -0.25) is 0 Å². The Kier molecular flexibility index (Phi) is 3.35. The molecule has 1 heterocycles. The molecule has 3 rings (SSSR count). The molecular weight excluding hydrogens is 272 g/mol. The van der Waals surface area contributed by atoms with E-state index < -0.39 is 5.97 Å². The van der Waals surface area contributed by atoms with Crippen molar-refractivity contribution in [2.75, 3.05) is 5.32 Å². The Balaban J connectivity index is 1.75. The first-order valence-electron chi connectivity index (χ1n) is 6.12. The van der Waals surface area contributed by atoms with E-state index in [9.17, 15) is 4.79 Å². The average Bonchev–Trinajstić information content (AvgIpc) is 2.93. The number of carboxylic acid groups (broad SMARTS) is 1. The van der Waals surface area contributed by atoms with E-state index in [0.29, 0.717) is 12.1 Å². The molecule has 3 aromatic rings. The van der Waals surface area contributed by atoms with Crippen LogP contribution in [0.3, 0.4) is 0 Å². The van der Waals surface area contributed by atoms with Gasteiger partial charge in [-0.2, -0.15) is 0 Å². The predicted octanol–water partition coefficient (Wildman–Crippen LogP) is 3.61. The number of rotatable bonds is 4. The quantitative estimate of drug-likeness (QED) is 0.768. The summed E-state index contributed by atoms with van der Waals surface area (Å²) in [5.41, 5.74) is 5.07. The molecule has 0 amide bonds. The molecule has 0 saturated heterocycles. The second-order valence-electron chi connectivity index (χ2n) is 4.39. The van der Waals surface area contributed by atoms with E-state index in [1.807, 2.05) is 29.8 Å². The summed E-state index contributed by atoms with van der Waals surface area (Å²) >= 11 is 1.60. The number of hydrogen-bond acceptors (Lipinski definition) is 4. The van der Waals surface area contributed by atoms with Crippen LogP contribution in [0.5, 0.6) is 0 Å². The normalized spacial score (nSPS) is 10.6. The minimum Gasteiger partial charge on any atom is -0.478 e. The summed E-state index contributed by atoms with van der Waals surface area (Å²) in [6.07, 6.45) is 0. The molecule has 0 unspecified atom stereocenters. The second-order valence-corrected chi connectivity index (χ2v) is 5.28. The van der Waals surface area contributed by atoms with E-state index in [2.05, 4.69) is 10.3 Å². The molecule has 4 nitrogen and oxygen atoms in total. The molecule has 20 heavy (non-hydrogen) atoms. The number of thiazole rings is 1. The zero-order valence-corrected chi connectivity index (χ0v) is 11.4. The maximum atomic E-state index is 10.9. The highest BCUT2D eigenvalue weighted by Crippen LogP contribution is 2.22. The van der Waals surface area contributed by atoms with Gasteiger partial charge in [0.1, 0.15) is 0 Å². The molecule has 0 radical (unpaired) electrons. The highest BCUT2D eigenvalue weighted by molar-refractivity contribution is 7.16. The van der Waals surface area contributed by atoms with Crippen molar-refractivity contribution >= 4 is 33.2 Å². The van der Waals surface area contributed by atoms with Gasteiger partial charge in [-0.1, -0.05) is 12.1 Å². The van der Waals surface area contributed by atoms with Crippen molar-refractivity contribution in [3.05, 3.63) is 59.1 Å². The van der Waals surface area contributed by atoms with Gasteiger partial charge in [0.15, 0.2) is 0 Å². The van der Waals surface area contributed by atoms with Gasteiger partial charge in [-0.05, 0) is 35.9 Å². The Bertz CT molecular complexity index is 767. The van der Waals surface area contributed by atoms with E-state index in [4.69, 9.17) is 5.11 Å². The number of carboxylic acids is 1. The minimum atomic E-state index is -0.905. The Hall–Kier alpha value is -2.40. The number of anilines is 1. The zero-order chi connectivity index (χ0) is 13.9. The number of nitrogens with one attached hydrogen (secondary N) is 1. The first kappa shape index (κ1) is 12.6. The number of hydrogen-bond donors (Lipinski definition) is 2. The number of benzene rings is 2. The molecule has 0 aliphatic heterocycles. The van der Waals surface area contributed by atoms with Gasteiger partial charge in [0.05, 0.1) is 21.3 Å². The van der Waals surface area contributed by atoms with Crippen molar-refractivity contribution in [3.63, 3.8) is 0 Å². The molecular formula is C15H12N2O2S. The smallest absolute Gasteiger partial charge is 0.335 e. The number of nitrogens with zero attached hydrogens (tertiary/aromatic N) is 1. The molecule has 0 saturated carbocycles. The molecule has 0 aliphatic rings. The third-order valence-electron chi connectivity index (χ3n) is 3.00. The van der Waals surface area contributed by atoms with Crippen LogP contribution in [0.25, 0.3) is 10.2 Å². The van der Waals surface area contributed by atoms with Crippen molar-refractivity contribution in [1.82, 2.24) is 4.98 Å². The lowest BCUT2D eigenvalue weighted by Crippen LogP contribution is -2.02. The van der Waals surface area contributed by atoms with Gasteiger partial charge in [-0.25, -0.2) is 9.78 Å². The van der Waals surface area contributed by atoms with E-state index in [0.717, 1.165) is 21.5 Å². The predicted molar refractivity (Wildman–Crippen MR) is 80.3 cm³/mol. The third-order valence-corrected chi connectivity index (χ3v) is 3.79. The van der Waals surface area contributed by atoms with Gasteiger partial charge in [-0.15, -0.1) is 11.3 Å². The van der Waals surface area contributed by atoms with Crippen LogP contribution >= 0.6 is 11.3 Å². The molecule has 2 N–H and O–H groups in total. The van der Waals surface area contributed by atoms with E-state index in [1.165, 1.54) is 0 Å². The summed E-state index contributed by atoms with van der Waals surface area (Å²) in [5.74, 6) is -0.905. The first-order valence-corrected chi connectivity index (χ1v) is 7.00. The maximum Gasteiger partial charge on any atom is 0.335 e.